The molecule has 2 heteroatoms. The number of ketones is 1. The molecular weight excluding hydrogens is 258 g/mol. The fourth-order valence-corrected chi connectivity index (χ4v) is 2.85. The monoisotopic (exact) mass is 275 g/mol. The molecule has 0 heterocycles. The van der Waals surface area contributed by atoms with Crippen molar-refractivity contribution in [2.24, 2.45) is 5.92 Å². The minimum absolute atomic E-state index is 0.00152. The van der Waals surface area contributed by atoms with Gasteiger partial charge in [0.15, 0.2) is 5.78 Å². The second kappa shape index (κ2) is 5.54. The maximum absolute atomic E-state index is 12.6. The van der Waals surface area contributed by atoms with Gasteiger partial charge in [0.25, 0.3) is 0 Å². The highest BCUT2D eigenvalue weighted by Crippen LogP contribution is 2.49. The fraction of sp³-hybridized carbons (Fsp3) is 0.263. The molecule has 0 N–H and O–H groups in total. The van der Waals surface area contributed by atoms with Crippen LogP contribution in [0.5, 0.6) is 0 Å². The lowest BCUT2D eigenvalue weighted by atomic mass is 9.91. The Kier molecular flexibility index (Phi) is 3.58. The van der Waals surface area contributed by atoms with Crippen molar-refractivity contribution >= 4 is 5.78 Å². The van der Waals surface area contributed by atoms with Gasteiger partial charge in [-0.15, -0.1) is 0 Å². The van der Waals surface area contributed by atoms with Gasteiger partial charge in [-0.2, -0.15) is 5.26 Å². The van der Waals surface area contributed by atoms with Crippen LogP contribution in [0.3, 0.4) is 0 Å². The lowest BCUT2D eigenvalue weighted by Gasteiger charge is -2.09. The van der Waals surface area contributed by atoms with Crippen molar-refractivity contribution < 1.29 is 4.79 Å². The third-order valence-corrected chi connectivity index (χ3v) is 4.21. The van der Waals surface area contributed by atoms with Crippen LogP contribution in [0, 0.1) is 24.2 Å². The van der Waals surface area contributed by atoms with E-state index in [9.17, 15) is 10.1 Å². The Morgan fingerprint density at radius 1 is 1.14 bits per heavy atom. The zero-order valence-corrected chi connectivity index (χ0v) is 12.0. The van der Waals surface area contributed by atoms with E-state index in [1.54, 1.807) is 0 Å². The van der Waals surface area contributed by atoms with Gasteiger partial charge in [-0.1, -0.05) is 60.2 Å². The predicted molar refractivity (Wildman–Crippen MR) is 81.8 cm³/mol. The minimum atomic E-state index is -0.635. The summed E-state index contributed by atoms with van der Waals surface area (Å²) in [4.78, 5) is 12.6. The van der Waals surface area contributed by atoms with Gasteiger partial charge in [-0.05, 0) is 30.4 Å². The van der Waals surface area contributed by atoms with Crippen LogP contribution in [-0.4, -0.2) is 5.78 Å². The van der Waals surface area contributed by atoms with Gasteiger partial charge in [-0.3, -0.25) is 4.79 Å². The molecule has 1 fully saturated rings. The fourth-order valence-electron chi connectivity index (χ4n) is 2.85. The second-order valence-corrected chi connectivity index (χ2v) is 5.73. The molecule has 2 aromatic carbocycles. The van der Waals surface area contributed by atoms with E-state index in [2.05, 4.69) is 18.2 Å². The summed E-state index contributed by atoms with van der Waals surface area (Å²) in [5.74, 6) is -0.280. The number of nitrogens with zero attached hydrogens (tertiary/aromatic N) is 1. The molecule has 0 aromatic heterocycles. The first-order valence-electron chi connectivity index (χ1n) is 7.25. The summed E-state index contributed by atoms with van der Waals surface area (Å²) in [6.07, 6.45) is 0.868. The van der Waals surface area contributed by atoms with Crippen LogP contribution in [0.15, 0.2) is 54.6 Å². The van der Waals surface area contributed by atoms with Gasteiger partial charge < -0.3 is 0 Å². The summed E-state index contributed by atoms with van der Waals surface area (Å²) in [6, 6.07) is 20.0. The Morgan fingerprint density at radius 2 is 1.81 bits per heavy atom. The van der Waals surface area contributed by atoms with Crippen molar-refractivity contribution in [3.8, 4) is 6.07 Å². The summed E-state index contributed by atoms with van der Waals surface area (Å²) in [6.45, 7) is 2.00. The zero-order valence-electron chi connectivity index (χ0n) is 12.0. The zero-order chi connectivity index (χ0) is 14.8. The highest BCUT2D eigenvalue weighted by molar-refractivity contribution is 5.93. The summed E-state index contributed by atoms with van der Waals surface area (Å²) >= 11 is 0. The molecule has 104 valence electrons. The van der Waals surface area contributed by atoms with Gasteiger partial charge in [0.05, 0.1) is 6.07 Å². The van der Waals surface area contributed by atoms with E-state index in [1.807, 2.05) is 49.4 Å². The number of hydrogen-bond acceptors (Lipinski definition) is 2. The molecule has 0 spiro atoms. The van der Waals surface area contributed by atoms with Crippen LogP contribution in [0.25, 0.3) is 0 Å². The number of benzene rings is 2. The summed E-state index contributed by atoms with van der Waals surface area (Å²) in [7, 11) is 0. The molecule has 1 saturated carbocycles. The first-order chi connectivity index (χ1) is 10.2. The third-order valence-electron chi connectivity index (χ3n) is 4.21. The maximum Gasteiger partial charge on any atom is 0.158 e. The number of Topliss-reactive ketones (excluding diaryl/α,β-unsaturated/α-hetero) is 1. The van der Waals surface area contributed by atoms with Gasteiger partial charge in [0, 0.05) is 5.92 Å². The van der Waals surface area contributed by atoms with Crippen LogP contribution in [0.2, 0.25) is 0 Å². The van der Waals surface area contributed by atoms with E-state index in [-0.39, 0.29) is 11.7 Å². The van der Waals surface area contributed by atoms with Gasteiger partial charge in [-0.25, -0.2) is 0 Å². The minimum Gasteiger partial charge on any atom is -0.298 e. The molecule has 1 aliphatic carbocycles. The maximum atomic E-state index is 12.6. The molecule has 3 unspecified atom stereocenters. The molecule has 2 nitrogen and oxygen atoms in total. The van der Waals surface area contributed by atoms with Gasteiger partial charge in [0.1, 0.15) is 5.92 Å². The summed E-state index contributed by atoms with van der Waals surface area (Å²) < 4.78 is 0. The van der Waals surface area contributed by atoms with Crippen molar-refractivity contribution in [1.29, 1.82) is 5.26 Å². The molecule has 0 amide bonds. The van der Waals surface area contributed by atoms with Crippen molar-refractivity contribution in [3.63, 3.8) is 0 Å². The summed E-state index contributed by atoms with van der Waals surface area (Å²) in [5.41, 5.74) is 3.15. The predicted octanol–water partition coefficient (Wildman–Crippen LogP) is 3.98. The number of carbonyl (C=O) groups is 1. The topological polar surface area (TPSA) is 40.9 Å². The number of aryl methyl sites for hydroxylation is 1. The Morgan fingerprint density at radius 3 is 2.43 bits per heavy atom. The Labute approximate surface area is 125 Å². The number of hydrogen-bond donors (Lipinski definition) is 0. The van der Waals surface area contributed by atoms with Crippen molar-refractivity contribution in [2.75, 3.05) is 0 Å². The highest BCUT2D eigenvalue weighted by atomic mass is 16.1. The average molecular weight is 275 g/mol. The van der Waals surface area contributed by atoms with E-state index in [0.717, 1.165) is 17.5 Å². The molecule has 1 aliphatic rings. The lowest BCUT2D eigenvalue weighted by molar-refractivity contribution is -0.120. The summed E-state index contributed by atoms with van der Waals surface area (Å²) in [5, 5.41) is 9.38. The molecule has 0 radical (unpaired) electrons. The lowest BCUT2D eigenvalue weighted by Crippen LogP contribution is -2.13. The highest BCUT2D eigenvalue weighted by Gasteiger charge is 2.46. The Hall–Kier alpha value is -2.40. The van der Waals surface area contributed by atoms with Crippen LogP contribution < -0.4 is 0 Å². The van der Waals surface area contributed by atoms with E-state index >= 15 is 0 Å². The largest absolute Gasteiger partial charge is 0.298 e. The van der Waals surface area contributed by atoms with Crippen molar-refractivity contribution in [1.82, 2.24) is 0 Å². The Bertz CT molecular complexity index is 682. The normalized spacial score (nSPS) is 21.3. The first kappa shape index (κ1) is 13.6. The standard InChI is InChI=1S/C19H17NO/c1-13-7-9-15(10-8-13)18(12-20)19(21)17-11-16(17)14-5-3-2-4-6-14/h2-10,16-18H,11H2,1H3. The molecule has 2 aromatic rings. The van der Waals surface area contributed by atoms with Crippen LogP contribution >= 0.6 is 0 Å². The van der Waals surface area contributed by atoms with E-state index < -0.39 is 5.92 Å². The number of carbonyl (C=O) groups excluding carboxylic acids is 1. The number of rotatable bonds is 4. The van der Waals surface area contributed by atoms with E-state index in [0.29, 0.717) is 5.92 Å². The molecule has 0 saturated heterocycles. The van der Waals surface area contributed by atoms with E-state index in [1.165, 1.54) is 5.56 Å². The molecule has 3 rings (SSSR count). The van der Waals surface area contributed by atoms with E-state index in [4.69, 9.17) is 0 Å². The molecule has 3 atom stereocenters. The SMILES string of the molecule is Cc1ccc(C(C#N)C(=O)C2CC2c2ccccc2)cc1. The first-order valence-corrected chi connectivity index (χ1v) is 7.25. The molecule has 0 bridgehead atoms. The Balaban J connectivity index is 1.76. The average Bonchev–Trinajstić information content (AvgIpc) is 3.31. The molecular formula is C19H17NO. The van der Waals surface area contributed by atoms with Crippen LogP contribution in [0.1, 0.15) is 34.9 Å². The van der Waals surface area contributed by atoms with Crippen LogP contribution in [0.4, 0.5) is 0 Å². The smallest absolute Gasteiger partial charge is 0.158 e. The van der Waals surface area contributed by atoms with Crippen molar-refractivity contribution in [2.45, 2.75) is 25.2 Å². The van der Waals surface area contributed by atoms with Crippen molar-refractivity contribution in [3.05, 3.63) is 71.3 Å². The third kappa shape index (κ3) is 2.73. The van der Waals surface area contributed by atoms with Gasteiger partial charge >= 0.3 is 0 Å². The van der Waals surface area contributed by atoms with Gasteiger partial charge in [0.2, 0.25) is 0 Å². The second-order valence-electron chi connectivity index (χ2n) is 5.73. The quantitative estimate of drug-likeness (QED) is 0.847. The number of nitriles is 1. The van der Waals surface area contributed by atoms with Crippen LogP contribution in [-0.2, 0) is 4.79 Å². The molecule has 21 heavy (non-hydrogen) atoms. The molecule has 0 aliphatic heterocycles.